The van der Waals surface area contributed by atoms with Crippen LogP contribution in [-0.4, -0.2) is 37.7 Å². The SMILES string of the molecule is CC1(C)Cc2c(sc(N3CCOCC3)c2I)C(=O)N1. The average Bonchev–Trinajstić information content (AvgIpc) is 2.67. The first-order chi connectivity index (χ1) is 8.98. The van der Waals surface area contributed by atoms with Crippen LogP contribution in [0.25, 0.3) is 0 Å². The van der Waals surface area contributed by atoms with E-state index in [2.05, 4.69) is 46.7 Å². The minimum Gasteiger partial charge on any atom is -0.378 e. The molecule has 104 valence electrons. The molecule has 3 heterocycles. The summed E-state index contributed by atoms with van der Waals surface area (Å²) in [6.45, 7) is 7.54. The molecule has 0 aliphatic carbocycles. The van der Waals surface area contributed by atoms with Crippen LogP contribution in [0.3, 0.4) is 0 Å². The van der Waals surface area contributed by atoms with E-state index in [1.165, 1.54) is 14.1 Å². The largest absolute Gasteiger partial charge is 0.378 e. The molecular formula is C13H17IN2O2S. The molecule has 0 atom stereocenters. The zero-order valence-corrected chi connectivity index (χ0v) is 14.1. The number of hydrogen-bond donors (Lipinski definition) is 1. The van der Waals surface area contributed by atoms with Gasteiger partial charge in [0.15, 0.2) is 0 Å². The summed E-state index contributed by atoms with van der Waals surface area (Å²) in [6.07, 6.45) is 0.910. The molecule has 2 aliphatic rings. The van der Waals surface area contributed by atoms with Crippen molar-refractivity contribution in [1.82, 2.24) is 5.32 Å². The Morgan fingerprint density at radius 3 is 2.74 bits per heavy atom. The minimum atomic E-state index is -0.145. The van der Waals surface area contributed by atoms with Gasteiger partial charge in [0.05, 0.1) is 21.7 Å². The third-order valence-corrected chi connectivity index (χ3v) is 6.32. The Balaban J connectivity index is 1.99. The van der Waals surface area contributed by atoms with Crippen LogP contribution < -0.4 is 10.2 Å². The van der Waals surface area contributed by atoms with Crippen molar-refractivity contribution in [3.8, 4) is 0 Å². The molecule has 3 rings (SSSR count). The molecule has 1 aromatic rings. The van der Waals surface area contributed by atoms with Gasteiger partial charge in [-0.2, -0.15) is 0 Å². The molecular weight excluding hydrogens is 375 g/mol. The summed E-state index contributed by atoms with van der Waals surface area (Å²) in [4.78, 5) is 15.4. The van der Waals surface area contributed by atoms with E-state index in [-0.39, 0.29) is 11.4 Å². The van der Waals surface area contributed by atoms with Crippen LogP contribution in [0.15, 0.2) is 0 Å². The first-order valence-electron chi connectivity index (χ1n) is 6.44. The lowest BCUT2D eigenvalue weighted by Crippen LogP contribution is -2.48. The Bertz CT molecular complexity index is 521. The van der Waals surface area contributed by atoms with E-state index < -0.39 is 0 Å². The van der Waals surface area contributed by atoms with Gasteiger partial charge in [0.1, 0.15) is 5.00 Å². The van der Waals surface area contributed by atoms with E-state index in [4.69, 9.17) is 4.74 Å². The van der Waals surface area contributed by atoms with Crippen LogP contribution in [-0.2, 0) is 11.2 Å². The van der Waals surface area contributed by atoms with Gasteiger partial charge < -0.3 is 15.0 Å². The highest BCUT2D eigenvalue weighted by atomic mass is 127. The molecule has 1 aromatic heterocycles. The van der Waals surface area contributed by atoms with Gasteiger partial charge in [0.25, 0.3) is 5.91 Å². The highest BCUT2D eigenvalue weighted by Gasteiger charge is 2.35. The second kappa shape index (κ2) is 4.89. The standard InChI is InChI=1S/C13H17IN2O2S/c1-13(2)7-8-9(14)12(16-3-5-18-6-4-16)19-10(8)11(17)15-13/h3-7H2,1-2H3,(H,15,17). The van der Waals surface area contributed by atoms with Crippen molar-refractivity contribution in [2.75, 3.05) is 31.2 Å². The minimum absolute atomic E-state index is 0.0775. The van der Waals surface area contributed by atoms with Crippen molar-refractivity contribution in [2.24, 2.45) is 0 Å². The van der Waals surface area contributed by atoms with E-state index in [0.717, 1.165) is 37.6 Å². The van der Waals surface area contributed by atoms with E-state index in [9.17, 15) is 4.79 Å². The summed E-state index contributed by atoms with van der Waals surface area (Å²) in [5, 5.41) is 4.32. The third kappa shape index (κ3) is 2.50. The summed E-state index contributed by atoms with van der Waals surface area (Å²) >= 11 is 4.02. The topological polar surface area (TPSA) is 41.6 Å². The highest BCUT2D eigenvalue weighted by molar-refractivity contribution is 14.1. The number of nitrogens with one attached hydrogen (secondary N) is 1. The summed E-state index contributed by atoms with van der Waals surface area (Å²) in [6, 6.07) is 0. The van der Waals surface area contributed by atoms with Crippen LogP contribution in [0.1, 0.15) is 29.1 Å². The number of thiophene rings is 1. The Morgan fingerprint density at radius 2 is 2.05 bits per heavy atom. The average molecular weight is 392 g/mol. The number of anilines is 1. The van der Waals surface area contributed by atoms with Gasteiger partial charge in [-0.15, -0.1) is 11.3 Å². The van der Waals surface area contributed by atoms with Crippen LogP contribution in [0.4, 0.5) is 5.00 Å². The molecule has 1 fully saturated rings. The number of halogens is 1. The number of morpholine rings is 1. The molecule has 4 nitrogen and oxygen atoms in total. The molecule has 0 aromatic carbocycles. The van der Waals surface area contributed by atoms with Crippen LogP contribution in [0.2, 0.25) is 0 Å². The second-order valence-corrected chi connectivity index (χ2v) is 7.72. The Morgan fingerprint density at radius 1 is 1.37 bits per heavy atom. The third-order valence-electron chi connectivity index (χ3n) is 3.50. The molecule has 1 saturated heterocycles. The fourth-order valence-corrected chi connectivity index (χ4v) is 5.07. The first-order valence-corrected chi connectivity index (χ1v) is 8.34. The number of nitrogens with zero attached hydrogens (tertiary/aromatic N) is 1. The molecule has 2 aliphatic heterocycles. The summed E-state index contributed by atoms with van der Waals surface area (Å²) in [7, 11) is 0. The Kier molecular flexibility index (Phi) is 3.51. The van der Waals surface area contributed by atoms with Gasteiger partial charge in [-0.05, 0) is 48.4 Å². The lowest BCUT2D eigenvalue weighted by Gasteiger charge is -2.30. The van der Waals surface area contributed by atoms with Gasteiger partial charge in [0, 0.05) is 18.6 Å². The predicted octanol–water partition coefficient (Wildman–Crippen LogP) is 2.25. The van der Waals surface area contributed by atoms with E-state index in [0.29, 0.717) is 0 Å². The maximum atomic E-state index is 12.2. The van der Waals surface area contributed by atoms with E-state index in [1.54, 1.807) is 11.3 Å². The lowest BCUT2D eigenvalue weighted by atomic mass is 9.91. The molecule has 19 heavy (non-hydrogen) atoms. The summed E-state index contributed by atoms with van der Waals surface area (Å²) < 4.78 is 6.65. The Labute approximate surface area is 130 Å². The highest BCUT2D eigenvalue weighted by Crippen LogP contribution is 2.41. The fraction of sp³-hybridized carbons (Fsp3) is 0.615. The molecule has 1 N–H and O–H groups in total. The normalized spacial score (nSPS) is 22.1. The molecule has 0 unspecified atom stereocenters. The van der Waals surface area contributed by atoms with Crippen molar-refractivity contribution in [1.29, 1.82) is 0 Å². The van der Waals surface area contributed by atoms with Crippen molar-refractivity contribution >= 4 is 44.8 Å². The number of ether oxygens (including phenoxy) is 1. The smallest absolute Gasteiger partial charge is 0.262 e. The number of carbonyl (C=O) groups is 1. The molecule has 0 spiro atoms. The molecule has 6 heteroatoms. The van der Waals surface area contributed by atoms with E-state index >= 15 is 0 Å². The fourth-order valence-electron chi connectivity index (χ4n) is 2.59. The van der Waals surface area contributed by atoms with Crippen LogP contribution in [0.5, 0.6) is 0 Å². The van der Waals surface area contributed by atoms with Crippen molar-refractivity contribution in [2.45, 2.75) is 25.8 Å². The summed E-state index contributed by atoms with van der Waals surface area (Å²) in [5.74, 6) is 0.0775. The Hall–Kier alpha value is -0.340. The lowest BCUT2D eigenvalue weighted by molar-refractivity contribution is 0.0902. The maximum absolute atomic E-state index is 12.2. The number of hydrogen-bond acceptors (Lipinski definition) is 4. The van der Waals surface area contributed by atoms with Crippen LogP contribution in [0, 0.1) is 3.57 Å². The van der Waals surface area contributed by atoms with Crippen molar-refractivity contribution in [3.63, 3.8) is 0 Å². The van der Waals surface area contributed by atoms with Crippen LogP contribution >= 0.6 is 33.9 Å². The van der Waals surface area contributed by atoms with Gasteiger partial charge in [0.2, 0.25) is 0 Å². The zero-order valence-electron chi connectivity index (χ0n) is 11.1. The number of carbonyl (C=O) groups excluding carboxylic acids is 1. The first kappa shape index (κ1) is 13.6. The molecule has 1 amide bonds. The number of rotatable bonds is 1. The van der Waals surface area contributed by atoms with Gasteiger partial charge in [-0.25, -0.2) is 0 Å². The van der Waals surface area contributed by atoms with Gasteiger partial charge in [-0.3, -0.25) is 4.79 Å². The van der Waals surface area contributed by atoms with Gasteiger partial charge >= 0.3 is 0 Å². The van der Waals surface area contributed by atoms with Crippen molar-refractivity contribution < 1.29 is 9.53 Å². The van der Waals surface area contributed by atoms with Gasteiger partial charge in [-0.1, -0.05) is 0 Å². The van der Waals surface area contributed by atoms with Crippen molar-refractivity contribution in [3.05, 3.63) is 14.0 Å². The second-order valence-electron chi connectivity index (χ2n) is 5.64. The van der Waals surface area contributed by atoms with E-state index in [1.807, 2.05) is 0 Å². The monoisotopic (exact) mass is 392 g/mol. The number of amides is 1. The maximum Gasteiger partial charge on any atom is 0.262 e. The molecule has 0 bridgehead atoms. The molecule has 0 saturated carbocycles. The quantitative estimate of drug-likeness (QED) is 0.746. The molecule has 0 radical (unpaired) electrons. The predicted molar refractivity (Wildman–Crippen MR) is 85.3 cm³/mol. The number of fused-ring (bicyclic) bond motifs is 1. The summed E-state index contributed by atoms with van der Waals surface area (Å²) in [5.41, 5.74) is 1.08. The zero-order chi connectivity index (χ0) is 13.6.